The fourth-order valence-electron chi connectivity index (χ4n) is 4.71. The Morgan fingerprint density at radius 2 is 1.91 bits per heavy atom. The fraction of sp³-hybridized carbons (Fsp3) is 0.458. The van der Waals surface area contributed by atoms with Gasteiger partial charge in [0.25, 0.3) is 0 Å². The summed E-state index contributed by atoms with van der Waals surface area (Å²) in [5.41, 5.74) is 2.65. The van der Waals surface area contributed by atoms with Crippen molar-refractivity contribution in [2.75, 3.05) is 31.1 Å². The summed E-state index contributed by atoms with van der Waals surface area (Å²) in [6.07, 6.45) is 3.16. The van der Waals surface area contributed by atoms with Gasteiger partial charge in [-0.1, -0.05) is 18.2 Å². The lowest BCUT2D eigenvalue weighted by Gasteiger charge is -2.31. The number of para-hydroxylation sites is 1. The molecule has 0 unspecified atom stereocenters. The molecule has 2 aromatic carbocycles. The summed E-state index contributed by atoms with van der Waals surface area (Å²) in [7, 11) is -3.74. The number of benzene rings is 2. The van der Waals surface area contributed by atoms with Gasteiger partial charge in [0.15, 0.2) is 0 Å². The van der Waals surface area contributed by atoms with Crippen molar-refractivity contribution < 1.29 is 17.6 Å². The minimum Gasteiger partial charge on any atom is -0.368 e. The Bertz CT molecular complexity index is 1060. The molecule has 4 rings (SSSR count). The number of hydrogen-bond acceptors (Lipinski definition) is 4. The lowest BCUT2D eigenvalue weighted by molar-refractivity contribution is -0.126. The predicted octanol–water partition coefficient (Wildman–Crippen LogP) is 3.18. The molecule has 2 aromatic rings. The Balaban J connectivity index is 1.28. The van der Waals surface area contributed by atoms with Gasteiger partial charge in [-0.3, -0.25) is 4.79 Å². The number of nitrogens with one attached hydrogen (secondary N) is 1. The highest BCUT2D eigenvalue weighted by Crippen LogP contribution is 2.31. The Morgan fingerprint density at radius 3 is 2.69 bits per heavy atom. The summed E-state index contributed by atoms with van der Waals surface area (Å²) in [6.45, 7) is 4.17. The second-order valence-corrected chi connectivity index (χ2v) is 10.6. The number of carbonyl (C=O) groups is 1. The van der Waals surface area contributed by atoms with Crippen LogP contribution in [0.2, 0.25) is 0 Å². The molecule has 0 radical (unpaired) electrons. The van der Waals surface area contributed by atoms with Gasteiger partial charge in [0, 0.05) is 37.9 Å². The fourth-order valence-corrected chi connectivity index (χ4v) is 6.23. The summed E-state index contributed by atoms with van der Waals surface area (Å²) < 4.78 is 40.2. The molecule has 1 amide bonds. The van der Waals surface area contributed by atoms with Crippen molar-refractivity contribution in [2.24, 2.45) is 5.92 Å². The number of anilines is 1. The van der Waals surface area contributed by atoms with E-state index in [0.717, 1.165) is 31.5 Å². The van der Waals surface area contributed by atoms with Crippen LogP contribution in [0.15, 0.2) is 53.4 Å². The number of hydrogen-bond donors (Lipinski definition) is 1. The number of piperidine rings is 1. The largest absolute Gasteiger partial charge is 0.368 e. The van der Waals surface area contributed by atoms with Crippen molar-refractivity contribution in [1.29, 1.82) is 0 Å². The minimum atomic E-state index is -3.74. The lowest BCUT2D eigenvalue weighted by atomic mass is 9.99. The number of rotatable bonds is 7. The summed E-state index contributed by atoms with van der Waals surface area (Å²) in [4.78, 5) is 15.2. The van der Waals surface area contributed by atoms with E-state index in [1.807, 2.05) is 0 Å². The van der Waals surface area contributed by atoms with E-state index in [1.54, 1.807) is 0 Å². The Morgan fingerprint density at radius 1 is 1.16 bits per heavy atom. The number of carbonyl (C=O) groups excluding carboxylic acids is 1. The van der Waals surface area contributed by atoms with Crippen LogP contribution in [0.25, 0.3) is 0 Å². The first-order valence-corrected chi connectivity index (χ1v) is 12.7. The van der Waals surface area contributed by atoms with E-state index < -0.39 is 15.8 Å². The predicted molar refractivity (Wildman–Crippen MR) is 122 cm³/mol. The number of fused-ring (bicyclic) bond motifs is 1. The summed E-state index contributed by atoms with van der Waals surface area (Å²) in [5, 5.41) is 3.00. The second-order valence-electron chi connectivity index (χ2n) is 8.68. The maximum atomic E-state index is 13.2. The molecule has 0 saturated carbocycles. The van der Waals surface area contributed by atoms with Crippen LogP contribution in [0.3, 0.4) is 0 Å². The quantitative estimate of drug-likeness (QED) is 0.646. The second kappa shape index (κ2) is 9.58. The van der Waals surface area contributed by atoms with Crippen LogP contribution in [0.1, 0.15) is 31.7 Å². The van der Waals surface area contributed by atoms with Crippen LogP contribution < -0.4 is 10.2 Å². The maximum Gasteiger partial charge on any atom is 0.243 e. The summed E-state index contributed by atoms with van der Waals surface area (Å²) in [5.74, 6) is -0.948. The summed E-state index contributed by atoms with van der Waals surface area (Å²) >= 11 is 0. The third kappa shape index (κ3) is 4.81. The van der Waals surface area contributed by atoms with Crippen LogP contribution in [0.4, 0.5) is 10.1 Å². The molecule has 0 aromatic heterocycles. The van der Waals surface area contributed by atoms with Crippen LogP contribution in [0, 0.1) is 11.7 Å². The Hall–Kier alpha value is -2.45. The highest BCUT2D eigenvalue weighted by molar-refractivity contribution is 7.89. The highest BCUT2D eigenvalue weighted by Gasteiger charge is 2.33. The maximum absolute atomic E-state index is 13.2. The van der Waals surface area contributed by atoms with Crippen molar-refractivity contribution in [3.63, 3.8) is 0 Å². The van der Waals surface area contributed by atoms with E-state index in [4.69, 9.17) is 0 Å². The minimum absolute atomic E-state index is 0.0555. The van der Waals surface area contributed by atoms with Gasteiger partial charge in [0.1, 0.15) is 5.82 Å². The van der Waals surface area contributed by atoms with Gasteiger partial charge in [-0.2, -0.15) is 4.31 Å². The molecule has 8 heteroatoms. The van der Waals surface area contributed by atoms with Crippen molar-refractivity contribution in [3.8, 4) is 0 Å². The van der Waals surface area contributed by atoms with Crippen LogP contribution in [0.5, 0.6) is 0 Å². The molecule has 2 heterocycles. The molecule has 2 aliphatic heterocycles. The SMILES string of the molecule is C[C@H]1Cc2ccccc2N1CCCNC(=O)[C@H]1CCCN(S(=O)(=O)c2ccc(F)cc2)C1. The van der Waals surface area contributed by atoms with E-state index in [2.05, 4.69) is 41.4 Å². The van der Waals surface area contributed by atoms with E-state index in [-0.39, 0.29) is 23.3 Å². The van der Waals surface area contributed by atoms with E-state index in [9.17, 15) is 17.6 Å². The lowest BCUT2D eigenvalue weighted by Crippen LogP contribution is -2.45. The standard InChI is InChI=1S/C24H30FN3O3S/c1-18-16-19-6-2-3-8-23(19)28(18)15-5-13-26-24(29)20-7-4-14-27(17-20)32(30,31)22-11-9-21(25)10-12-22/h2-3,6,8-12,18,20H,4-5,7,13-17H2,1H3,(H,26,29)/t18-,20-/m0/s1. The topological polar surface area (TPSA) is 69.7 Å². The zero-order chi connectivity index (χ0) is 22.7. The molecule has 1 fully saturated rings. The molecule has 0 aliphatic carbocycles. The third-order valence-corrected chi connectivity index (χ3v) is 8.31. The first-order chi connectivity index (χ1) is 15.4. The van der Waals surface area contributed by atoms with Gasteiger partial charge >= 0.3 is 0 Å². The molecular weight excluding hydrogens is 429 g/mol. The molecular formula is C24H30FN3O3S. The third-order valence-electron chi connectivity index (χ3n) is 6.43. The smallest absolute Gasteiger partial charge is 0.243 e. The van der Waals surface area contributed by atoms with Crippen LogP contribution in [-0.2, 0) is 21.2 Å². The first-order valence-electron chi connectivity index (χ1n) is 11.2. The van der Waals surface area contributed by atoms with Crippen molar-refractivity contribution >= 4 is 21.6 Å². The number of amides is 1. The average molecular weight is 460 g/mol. The normalized spacial score (nSPS) is 21.4. The zero-order valence-corrected chi connectivity index (χ0v) is 19.2. The van der Waals surface area contributed by atoms with Crippen LogP contribution in [-0.4, -0.2) is 50.9 Å². The molecule has 2 aliphatic rings. The number of sulfonamides is 1. The van der Waals surface area contributed by atoms with Crippen molar-refractivity contribution in [1.82, 2.24) is 9.62 Å². The molecule has 0 spiro atoms. The molecule has 1 N–H and O–H groups in total. The van der Waals surface area contributed by atoms with Crippen molar-refractivity contribution in [2.45, 2.75) is 43.5 Å². The van der Waals surface area contributed by atoms with E-state index >= 15 is 0 Å². The molecule has 0 bridgehead atoms. The van der Waals surface area contributed by atoms with Gasteiger partial charge in [0.2, 0.25) is 15.9 Å². The van der Waals surface area contributed by atoms with Gasteiger partial charge in [-0.05, 0) is 68.5 Å². The van der Waals surface area contributed by atoms with E-state index in [0.29, 0.717) is 32.0 Å². The van der Waals surface area contributed by atoms with E-state index in [1.165, 1.54) is 27.7 Å². The number of halogens is 1. The monoisotopic (exact) mass is 459 g/mol. The molecule has 1 saturated heterocycles. The summed E-state index contributed by atoms with van der Waals surface area (Å²) in [6, 6.07) is 13.7. The molecule has 32 heavy (non-hydrogen) atoms. The molecule has 2 atom stereocenters. The zero-order valence-electron chi connectivity index (χ0n) is 18.3. The molecule has 6 nitrogen and oxygen atoms in total. The molecule has 172 valence electrons. The van der Waals surface area contributed by atoms with Gasteiger partial charge in [-0.15, -0.1) is 0 Å². The van der Waals surface area contributed by atoms with Gasteiger partial charge in [0.05, 0.1) is 10.8 Å². The first kappa shape index (κ1) is 22.7. The Kier molecular flexibility index (Phi) is 6.81. The average Bonchev–Trinajstić information content (AvgIpc) is 3.12. The van der Waals surface area contributed by atoms with Gasteiger partial charge < -0.3 is 10.2 Å². The van der Waals surface area contributed by atoms with Gasteiger partial charge in [-0.25, -0.2) is 12.8 Å². The Labute approximate surface area is 189 Å². The highest BCUT2D eigenvalue weighted by atomic mass is 32.2. The van der Waals surface area contributed by atoms with Crippen LogP contribution >= 0.6 is 0 Å². The number of nitrogens with zero attached hydrogens (tertiary/aromatic N) is 2. The van der Waals surface area contributed by atoms with Crippen molar-refractivity contribution in [3.05, 3.63) is 59.9 Å².